The van der Waals surface area contributed by atoms with Crippen molar-refractivity contribution in [2.45, 2.75) is 13.5 Å². The number of furan rings is 1. The lowest BCUT2D eigenvalue weighted by Gasteiger charge is -2.18. The monoisotopic (exact) mass is 245 g/mol. The van der Waals surface area contributed by atoms with Crippen LogP contribution in [0.2, 0.25) is 0 Å². The first-order valence-electron chi connectivity index (χ1n) is 5.66. The van der Waals surface area contributed by atoms with Gasteiger partial charge in [0.25, 0.3) is 0 Å². The summed E-state index contributed by atoms with van der Waals surface area (Å²) >= 11 is 0. The number of aromatic carboxylic acids is 1. The van der Waals surface area contributed by atoms with Gasteiger partial charge in [-0.05, 0) is 25.1 Å². The molecule has 0 atom stereocenters. The number of benzene rings is 1. The molecule has 1 heterocycles. The Labute approximate surface area is 105 Å². The van der Waals surface area contributed by atoms with Crippen LogP contribution in [0.1, 0.15) is 21.9 Å². The molecule has 2 aromatic rings. The zero-order valence-corrected chi connectivity index (χ0v) is 10.4. The SMILES string of the molecule is Cc1oc(C(=O)O)cc1CN(C)c1ccccc1. The van der Waals surface area contributed by atoms with Gasteiger partial charge in [-0.3, -0.25) is 0 Å². The standard InChI is InChI=1S/C14H15NO3/c1-10-11(8-13(18-10)14(16)17)9-15(2)12-6-4-3-5-7-12/h3-8H,9H2,1-2H3,(H,16,17). The smallest absolute Gasteiger partial charge is 0.371 e. The summed E-state index contributed by atoms with van der Waals surface area (Å²) in [7, 11) is 1.96. The fraction of sp³-hybridized carbons (Fsp3) is 0.214. The van der Waals surface area contributed by atoms with Crippen molar-refractivity contribution in [3.05, 3.63) is 53.5 Å². The summed E-state index contributed by atoms with van der Waals surface area (Å²) in [6, 6.07) is 11.5. The number of carbonyl (C=O) groups is 1. The van der Waals surface area contributed by atoms with E-state index in [9.17, 15) is 4.79 Å². The Hall–Kier alpha value is -2.23. The minimum atomic E-state index is -1.04. The van der Waals surface area contributed by atoms with Gasteiger partial charge >= 0.3 is 5.97 Å². The summed E-state index contributed by atoms with van der Waals surface area (Å²) in [4.78, 5) is 12.9. The molecule has 0 amide bonds. The highest BCUT2D eigenvalue weighted by Crippen LogP contribution is 2.19. The second-order valence-electron chi connectivity index (χ2n) is 4.19. The Morgan fingerprint density at radius 2 is 2.00 bits per heavy atom. The summed E-state index contributed by atoms with van der Waals surface area (Å²) in [5.74, 6) is -0.397. The zero-order valence-electron chi connectivity index (χ0n) is 10.4. The molecule has 1 aromatic carbocycles. The summed E-state index contributed by atoms with van der Waals surface area (Å²) in [6.07, 6.45) is 0. The highest BCUT2D eigenvalue weighted by molar-refractivity contribution is 5.84. The quantitative estimate of drug-likeness (QED) is 0.899. The average molecular weight is 245 g/mol. The molecule has 0 bridgehead atoms. The molecule has 0 saturated heterocycles. The van der Waals surface area contributed by atoms with E-state index in [0.717, 1.165) is 11.3 Å². The highest BCUT2D eigenvalue weighted by Gasteiger charge is 2.14. The number of anilines is 1. The van der Waals surface area contributed by atoms with Crippen LogP contribution in [0.15, 0.2) is 40.8 Å². The van der Waals surface area contributed by atoms with E-state index < -0.39 is 5.97 Å². The fourth-order valence-corrected chi connectivity index (χ4v) is 1.81. The van der Waals surface area contributed by atoms with Gasteiger partial charge in [-0.25, -0.2) is 4.79 Å². The lowest BCUT2D eigenvalue weighted by Crippen LogP contribution is -2.16. The van der Waals surface area contributed by atoms with Crippen molar-refractivity contribution in [3.8, 4) is 0 Å². The van der Waals surface area contributed by atoms with Gasteiger partial charge in [0, 0.05) is 24.8 Å². The molecule has 0 aliphatic heterocycles. The van der Waals surface area contributed by atoms with Crippen LogP contribution in [0.5, 0.6) is 0 Å². The third kappa shape index (κ3) is 2.53. The molecule has 1 aromatic heterocycles. The minimum Gasteiger partial charge on any atom is -0.475 e. The molecule has 4 heteroatoms. The van der Waals surface area contributed by atoms with Gasteiger partial charge in [-0.2, -0.15) is 0 Å². The number of carboxylic acids is 1. The molecule has 18 heavy (non-hydrogen) atoms. The second kappa shape index (κ2) is 4.96. The van der Waals surface area contributed by atoms with Crippen LogP contribution in [0.4, 0.5) is 5.69 Å². The van der Waals surface area contributed by atoms with Crippen molar-refractivity contribution in [1.29, 1.82) is 0 Å². The molecule has 0 aliphatic rings. The third-order valence-electron chi connectivity index (χ3n) is 2.84. The number of hydrogen-bond donors (Lipinski definition) is 1. The van der Waals surface area contributed by atoms with Crippen molar-refractivity contribution in [2.75, 3.05) is 11.9 Å². The average Bonchev–Trinajstić information content (AvgIpc) is 2.72. The lowest BCUT2D eigenvalue weighted by atomic mass is 10.2. The predicted octanol–water partition coefficient (Wildman–Crippen LogP) is 2.92. The molecule has 0 saturated carbocycles. The highest BCUT2D eigenvalue weighted by atomic mass is 16.4. The number of hydrogen-bond acceptors (Lipinski definition) is 3. The van der Waals surface area contributed by atoms with E-state index in [2.05, 4.69) is 0 Å². The Kier molecular flexibility index (Phi) is 3.37. The fourth-order valence-electron chi connectivity index (χ4n) is 1.81. The third-order valence-corrected chi connectivity index (χ3v) is 2.84. The maximum Gasteiger partial charge on any atom is 0.371 e. The topological polar surface area (TPSA) is 53.7 Å². The molecule has 0 radical (unpaired) electrons. The summed E-state index contributed by atoms with van der Waals surface area (Å²) in [5.41, 5.74) is 1.97. The van der Waals surface area contributed by atoms with Crippen LogP contribution in [-0.2, 0) is 6.54 Å². The van der Waals surface area contributed by atoms with Crippen molar-refractivity contribution >= 4 is 11.7 Å². The van der Waals surface area contributed by atoms with Gasteiger partial charge in [0.05, 0.1) is 0 Å². The molecular formula is C14H15NO3. The van der Waals surface area contributed by atoms with Gasteiger partial charge in [-0.15, -0.1) is 0 Å². The number of para-hydroxylation sites is 1. The van der Waals surface area contributed by atoms with Gasteiger partial charge in [0.2, 0.25) is 5.76 Å². The van der Waals surface area contributed by atoms with Crippen molar-refractivity contribution in [2.24, 2.45) is 0 Å². The molecular weight excluding hydrogens is 230 g/mol. The Balaban J connectivity index is 2.17. The first-order chi connectivity index (χ1) is 8.58. The number of aryl methyl sites for hydroxylation is 1. The molecule has 0 spiro atoms. The molecule has 1 N–H and O–H groups in total. The van der Waals surface area contributed by atoms with Crippen molar-refractivity contribution in [3.63, 3.8) is 0 Å². The summed E-state index contributed by atoms with van der Waals surface area (Å²) < 4.78 is 5.19. The predicted molar refractivity (Wildman–Crippen MR) is 69.0 cm³/mol. The second-order valence-corrected chi connectivity index (χ2v) is 4.19. The molecule has 94 valence electrons. The van der Waals surface area contributed by atoms with Crippen LogP contribution >= 0.6 is 0 Å². The zero-order chi connectivity index (χ0) is 13.1. The van der Waals surface area contributed by atoms with Gasteiger partial charge in [0.15, 0.2) is 0 Å². The van der Waals surface area contributed by atoms with E-state index in [1.165, 1.54) is 0 Å². The van der Waals surface area contributed by atoms with Gasteiger partial charge in [0.1, 0.15) is 5.76 Å². The summed E-state index contributed by atoms with van der Waals surface area (Å²) in [6.45, 7) is 2.40. The first kappa shape index (κ1) is 12.2. The summed E-state index contributed by atoms with van der Waals surface area (Å²) in [5, 5.41) is 8.87. The molecule has 0 fully saturated rings. The van der Waals surface area contributed by atoms with E-state index in [1.54, 1.807) is 13.0 Å². The molecule has 2 rings (SSSR count). The number of rotatable bonds is 4. The normalized spacial score (nSPS) is 10.3. The Bertz CT molecular complexity index is 545. The van der Waals surface area contributed by atoms with Crippen LogP contribution in [0.25, 0.3) is 0 Å². The van der Waals surface area contributed by atoms with Crippen LogP contribution in [0, 0.1) is 6.92 Å². The maximum absolute atomic E-state index is 10.8. The first-order valence-corrected chi connectivity index (χ1v) is 5.66. The van der Waals surface area contributed by atoms with E-state index >= 15 is 0 Å². The maximum atomic E-state index is 10.8. The lowest BCUT2D eigenvalue weighted by molar-refractivity contribution is 0.0661. The molecule has 4 nitrogen and oxygen atoms in total. The molecule has 0 unspecified atom stereocenters. The number of nitrogens with zero attached hydrogens (tertiary/aromatic N) is 1. The van der Waals surface area contributed by atoms with Crippen LogP contribution in [-0.4, -0.2) is 18.1 Å². The van der Waals surface area contributed by atoms with E-state index in [4.69, 9.17) is 9.52 Å². The van der Waals surface area contributed by atoms with Crippen molar-refractivity contribution in [1.82, 2.24) is 0 Å². The van der Waals surface area contributed by atoms with E-state index in [1.807, 2.05) is 42.3 Å². The van der Waals surface area contributed by atoms with Crippen LogP contribution in [0.3, 0.4) is 0 Å². The van der Waals surface area contributed by atoms with Gasteiger partial charge in [-0.1, -0.05) is 18.2 Å². The Morgan fingerprint density at radius 3 is 2.56 bits per heavy atom. The molecule has 0 aliphatic carbocycles. The minimum absolute atomic E-state index is 0.0102. The van der Waals surface area contributed by atoms with E-state index in [-0.39, 0.29) is 5.76 Å². The van der Waals surface area contributed by atoms with E-state index in [0.29, 0.717) is 12.3 Å². The van der Waals surface area contributed by atoms with Gasteiger partial charge < -0.3 is 14.4 Å². The Morgan fingerprint density at radius 1 is 1.33 bits per heavy atom. The van der Waals surface area contributed by atoms with Crippen LogP contribution < -0.4 is 4.90 Å². The number of carboxylic acid groups (broad SMARTS) is 1. The van der Waals surface area contributed by atoms with Crippen molar-refractivity contribution < 1.29 is 14.3 Å². The largest absolute Gasteiger partial charge is 0.475 e.